The molecule has 3 heteroatoms. The number of halogens is 2. The van der Waals surface area contributed by atoms with E-state index in [0.717, 1.165) is 6.42 Å². The molecule has 150 valence electrons. The molecule has 5 rings (SSSR count). The molecule has 0 unspecified atom stereocenters. The van der Waals surface area contributed by atoms with Crippen molar-refractivity contribution in [2.24, 2.45) is 0 Å². The number of benzene rings is 2. The molecule has 3 aliphatic rings. The van der Waals surface area contributed by atoms with Crippen molar-refractivity contribution in [1.29, 1.82) is 0 Å². The van der Waals surface area contributed by atoms with Gasteiger partial charge in [-0.05, 0) is 0 Å². The number of aryl methyl sites for hydroxylation is 2. The summed E-state index contributed by atoms with van der Waals surface area (Å²) in [5.74, 6) is 0. The van der Waals surface area contributed by atoms with Crippen LogP contribution in [-0.2, 0) is 23.8 Å². The van der Waals surface area contributed by atoms with Gasteiger partial charge in [0.05, 0.1) is 0 Å². The number of hydrogen-bond acceptors (Lipinski definition) is 0. The molecule has 0 aromatic heterocycles. The van der Waals surface area contributed by atoms with E-state index in [4.69, 9.17) is 0 Å². The molecule has 0 spiro atoms. The molecule has 0 nitrogen and oxygen atoms in total. The van der Waals surface area contributed by atoms with Crippen LogP contribution in [0.4, 0.5) is 0 Å². The van der Waals surface area contributed by atoms with Crippen LogP contribution in [0.5, 0.6) is 0 Å². The number of allylic oxidation sites excluding steroid dienone is 4. The molecular weight excluding hydrogens is 431 g/mol. The fourth-order valence-electron chi connectivity index (χ4n) is 5.30. The Morgan fingerprint density at radius 1 is 0.862 bits per heavy atom. The summed E-state index contributed by atoms with van der Waals surface area (Å²) < 4.78 is 5.54. The third kappa shape index (κ3) is 4.15. The van der Waals surface area contributed by atoms with Crippen LogP contribution in [0.3, 0.4) is 0 Å². The third-order valence-electron chi connectivity index (χ3n) is 6.59. The summed E-state index contributed by atoms with van der Waals surface area (Å²) in [5, 5.41) is 0. The van der Waals surface area contributed by atoms with Gasteiger partial charge in [0.15, 0.2) is 0 Å². The van der Waals surface area contributed by atoms with Crippen LogP contribution in [-0.4, -0.2) is 3.81 Å². The van der Waals surface area contributed by atoms with E-state index < -0.39 is 17.4 Å². The molecule has 0 N–H and O–H groups in total. The quantitative estimate of drug-likeness (QED) is 0.478. The summed E-state index contributed by atoms with van der Waals surface area (Å²) in [6.45, 7) is 4.60. The molecular formula is C26H28Cl2Ti. The topological polar surface area (TPSA) is 0 Å². The van der Waals surface area contributed by atoms with E-state index in [2.05, 4.69) is 62.4 Å². The van der Waals surface area contributed by atoms with Crippen molar-refractivity contribution in [3.05, 3.63) is 74.7 Å². The van der Waals surface area contributed by atoms with Gasteiger partial charge in [0.2, 0.25) is 0 Å². The number of fused-ring (bicyclic) bond motifs is 3. The van der Waals surface area contributed by atoms with Crippen LogP contribution in [0.15, 0.2) is 52.4 Å². The second-order valence-electron chi connectivity index (χ2n) is 8.48. The first kappa shape index (κ1) is 22.8. The van der Waals surface area contributed by atoms with Crippen molar-refractivity contribution in [1.82, 2.24) is 0 Å². The van der Waals surface area contributed by atoms with E-state index in [1.807, 2.05) is 3.81 Å². The Morgan fingerprint density at radius 3 is 2.34 bits per heavy atom. The smallest absolute Gasteiger partial charge is 1.00 e. The summed E-state index contributed by atoms with van der Waals surface area (Å²) in [4.78, 5) is 0. The fraction of sp³-hybridized carbons (Fsp3) is 0.346. The second kappa shape index (κ2) is 9.48. The summed E-state index contributed by atoms with van der Waals surface area (Å²) in [6.07, 6.45) is 16.6. The van der Waals surface area contributed by atoms with Crippen LogP contribution in [0.1, 0.15) is 60.8 Å². The molecule has 2 aromatic carbocycles. The molecule has 1 fully saturated rings. The van der Waals surface area contributed by atoms with Gasteiger partial charge in [-0.1, -0.05) is 0 Å². The van der Waals surface area contributed by atoms with Crippen LogP contribution in [0.25, 0.3) is 11.1 Å². The van der Waals surface area contributed by atoms with Crippen molar-refractivity contribution in [2.75, 3.05) is 0 Å². The van der Waals surface area contributed by atoms with Crippen LogP contribution < -0.4 is 28.7 Å². The van der Waals surface area contributed by atoms with Crippen LogP contribution in [0.2, 0.25) is 0 Å². The Bertz CT molecular complexity index is 1020. The average molecular weight is 459 g/mol. The van der Waals surface area contributed by atoms with Crippen molar-refractivity contribution in [2.45, 2.75) is 58.8 Å². The number of hydrogen-bond donors (Lipinski definition) is 0. The molecule has 29 heavy (non-hydrogen) atoms. The first-order valence-corrected chi connectivity index (χ1v) is 12.9. The van der Waals surface area contributed by atoms with Gasteiger partial charge in [-0.25, -0.2) is 0 Å². The summed E-state index contributed by atoms with van der Waals surface area (Å²) in [6, 6.07) is 11.9. The standard InChI is InChI=1S/C15H13.C6H10.C5H5.2ClH.Ti/c1-10-3-5-14-12(7-10)9-13-8-11(2)4-6-15(13)14;1-2-4-6-5-3-1;1-2-4-5-3-1;;;/h3-7H,9H2,1-2H3;1-5H2;1-3H,4H2;2*1H;/q;;;;;+2/p-2. The largest absolute Gasteiger partial charge is 1.00 e. The normalized spacial score (nSPS) is 16.2. The zero-order valence-electron chi connectivity index (χ0n) is 17.3. The minimum atomic E-state index is -1.59. The van der Waals surface area contributed by atoms with E-state index >= 15 is 0 Å². The Morgan fingerprint density at radius 2 is 1.62 bits per heavy atom. The van der Waals surface area contributed by atoms with Crippen molar-refractivity contribution in [3.8, 4) is 11.1 Å². The molecule has 2 aromatic rings. The van der Waals surface area contributed by atoms with E-state index in [9.17, 15) is 0 Å². The zero-order valence-corrected chi connectivity index (χ0v) is 20.4. The SMILES string of the molecule is Cc1ccc2c(c1)Cc1c-2ccc(C)[c]1[Ti+2]([C]1=CC=CC1)=[C]1CCCCC1.[Cl-].[Cl-]. The molecule has 0 heterocycles. The maximum Gasteiger partial charge on any atom is -1.00 e. The minimum absolute atomic E-state index is 0. The molecule has 0 amide bonds. The summed E-state index contributed by atoms with van der Waals surface area (Å²) in [5.41, 5.74) is 9.18. The van der Waals surface area contributed by atoms with Gasteiger partial charge in [0.1, 0.15) is 0 Å². The Labute approximate surface area is 193 Å². The molecule has 0 saturated heterocycles. The maximum atomic E-state index is 2.47. The van der Waals surface area contributed by atoms with Gasteiger partial charge >= 0.3 is 170 Å². The molecule has 0 atom stereocenters. The molecule has 0 aliphatic heterocycles. The predicted molar refractivity (Wildman–Crippen MR) is 114 cm³/mol. The molecule has 0 radical (unpaired) electrons. The summed E-state index contributed by atoms with van der Waals surface area (Å²) in [7, 11) is 0. The fourth-order valence-corrected chi connectivity index (χ4v) is 10.9. The predicted octanol–water partition coefficient (Wildman–Crippen LogP) is 0.106. The van der Waals surface area contributed by atoms with Gasteiger partial charge in [-0.2, -0.15) is 0 Å². The Balaban J connectivity index is 0.00000120. The minimum Gasteiger partial charge on any atom is -1.00 e. The molecule has 1 saturated carbocycles. The molecule has 3 aliphatic carbocycles. The van der Waals surface area contributed by atoms with Crippen LogP contribution in [0, 0.1) is 13.8 Å². The third-order valence-corrected chi connectivity index (χ3v) is 11.9. The van der Waals surface area contributed by atoms with Gasteiger partial charge in [0, 0.05) is 0 Å². The maximum absolute atomic E-state index is 2.47. The monoisotopic (exact) mass is 458 g/mol. The first-order valence-electron chi connectivity index (χ1n) is 10.5. The van der Waals surface area contributed by atoms with Crippen molar-refractivity contribution in [3.63, 3.8) is 0 Å². The van der Waals surface area contributed by atoms with E-state index in [-0.39, 0.29) is 24.8 Å². The van der Waals surface area contributed by atoms with Crippen molar-refractivity contribution >= 4 is 7.68 Å². The zero-order chi connectivity index (χ0) is 18.4. The van der Waals surface area contributed by atoms with Gasteiger partial charge in [0.25, 0.3) is 0 Å². The summed E-state index contributed by atoms with van der Waals surface area (Å²) >= 11 is -1.59. The van der Waals surface area contributed by atoms with E-state index in [0.29, 0.717) is 0 Å². The van der Waals surface area contributed by atoms with E-state index in [1.54, 1.807) is 24.4 Å². The van der Waals surface area contributed by atoms with Crippen LogP contribution >= 0.6 is 0 Å². The van der Waals surface area contributed by atoms with Gasteiger partial charge < -0.3 is 24.8 Å². The second-order valence-corrected chi connectivity index (χ2v) is 12.5. The number of rotatable bonds is 2. The Hall–Kier alpha value is -0.916. The Kier molecular flexibility index (Phi) is 7.44. The van der Waals surface area contributed by atoms with Gasteiger partial charge in [-0.3, -0.25) is 0 Å². The first-order chi connectivity index (χ1) is 13.2. The van der Waals surface area contributed by atoms with Crippen molar-refractivity contribution < 1.29 is 42.2 Å². The van der Waals surface area contributed by atoms with Gasteiger partial charge in [-0.15, -0.1) is 0 Å². The average Bonchev–Trinajstić information content (AvgIpc) is 3.32. The molecule has 0 bridgehead atoms. The van der Waals surface area contributed by atoms with E-state index in [1.165, 1.54) is 55.2 Å².